The molecule has 2 aliphatic rings. The summed E-state index contributed by atoms with van der Waals surface area (Å²) in [7, 11) is 0. The van der Waals surface area contributed by atoms with Crippen molar-refractivity contribution in [2.24, 2.45) is 0 Å². The van der Waals surface area contributed by atoms with Crippen LogP contribution in [-0.2, 0) is 6.54 Å². The van der Waals surface area contributed by atoms with Crippen molar-refractivity contribution >= 4 is 15.9 Å². The lowest BCUT2D eigenvalue weighted by atomic mass is 9.92. The van der Waals surface area contributed by atoms with Gasteiger partial charge in [0.1, 0.15) is 5.82 Å². The zero-order valence-corrected chi connectivity index (χ0v) is 12.7. The molecular weight excluding hydrogens is 307 g/mol. The summed E-state index contributed by atoms with van der Waals surface area (Å²) in [5, 5.41) is 3.51. The fraction of sp³-hybridized carbons (Fsp3) is 0.600. The second-order valence-electron chi connectivity index (χ2n) is 5.77. The van der Waals surface area contributed by atoms with Crippen LogP contribution in [0.25, 0.3) is 0 Å². The predicted molar refractivity (Wildman–Crippen MR) is 78.6 cm³/mol. The summed E-state index contributed by atoms with van der Waals surface area (Å²) in [4.78, 5) is 2.50. The summed E-state index contributed by atoms with van der Waals surface area (Å²) in [6.07, 6.45) is 5.11. The van der Waals surface area contributed by atoms with Gasteiger partial charge in [0, 0.05) is 41.8 Å². The van der Waals surface area contributed by atoms with Gasteiger partial charge >= 0.3 is 0 Å². The largest absolute Gasteiger partial charge is 0.314 e. The van der Waals surface area contributed by atoms with E-state index in [4.69, 9.17) is 0 Å². The summed E-state index contributed by atoms with van der Waals surface area (Å²) in [5.74, 6) is -0.0962. The van der Waals surface area contributed by atoms with E-state index in [9.17, 15) is 4.39 Å². The Morgan fingerprint density at radius 1 is 1.32 bits per heavy atom. The second-order valence-corrected chi connectivity index (χ2v) is 6.68. The molecule has 0 unspecified atom stereocenters. The Bertz CT molecular complexity index is 457. The monoisotopic (exact) mass is 326 g/mol. The Morgan fingerprint density at radius 3 is 2.84 bits per heavy atom. The van der Waals surface area contributed by atoms with Crippen molar-refractivity contribution in [2.75, 3.05) is 19.6 Å². The lowest BCUT2D eigenvalue weighted by Crippen LogP contribution is -2.59. The molecule has 1 spiro atoms. The number of hydrogen-bond donors (Lipinski definition) is 1. The van der Waals surface area contributed by atoms with Gasteiger partial charge in [-0.05, 0) is 25.0 Å². The number of halogens is 2. The fourth-order valence-electron chi connectivity index (χ4n) is 3.51. The zero-order chi connectivity index (χ0) is 13.3. The highest BCUT2D eigenvalue weighted by molar-refractivity contribution is 9.10. The number of nitrogens with zero attached hydrogens (tertiary/aromatic N) is 1. The van der Waals surface area contributed by atoms with Crippen LogP contribution < -0.4 is 5.32 Å². The molecule has 2 fully saturated rings. The molecule has 0 radical (unpaired) electrons. The molecule has 104 valence electrons. The predicted octanol–water partition coefficient (Wildman–Crippen LogP) is 3.31. The number of nitrogens with one attached hydrogen (secondary N) is 1. The van der Waals surface area contributed by atoms with Gasteiger partial charge in [0.25, 0.3) is 0 Å². The summed E-state index contributed by atoms with van der Waals surface area (Å²) >= 11 is 3.32. The number of rotatable bonds is 2. The maximum Gasteiger partial charge on any atom is 0.128 e. The van der Waals surface area contributed by atoms with Crippen molar-refractivity contribution in [3.8, 4) is 0 Å². The van der Waals surface area contributed by atoms with Crippen LogP contribution in [0, 0.1) is 5.82 Å². The molecule has 19 heavy (non-hydrogen) atoms. The Balaban J connectivity index is 1.80. The van der Waals surface area contributed by atoms with Crippen molar-refractivity contribution in [1.29, 1.82) is 0 Å². The first-order chi connectivity index (χ1) is 9.20. The van der Waals surface area contributed by atoms with Crippen LogP contribution in [0.4, 0.5) is 4.39 Å². The number of piperazine rings is 1. The Labute approximate surface area is 122 Å². The molecular formula is C15H20BrFN2. The molecule has 1 N–H and O–H groups in total. The molecule has 1 saturated carbocycles. The average Bonchev–Trinajstić information content (AvgIpc) is 2.85. The quantitative estimate of drug-likeness (QED) is 0.897. The first-order valence-electron chi connectivity index (χ1n) is 7.09. The van der Waals surface area contributed by atoms with E-state index in [0.717, 1.165) is 36.2 Å². The number of hydrogen-bond acceptors (Lipinski definition) is 2. The van der Waals surface area contributed by atoms with Gasteiger partial charge in [0.05, 0.1) is 0 Å². The van der Waals surface area contributed by atoms with Crippen LogP contribution in [0.1, 0.15) is 31.2 Å². The van der Waals surface area contributed by atoms with Gasteiger partial charge in [-0.1, -0.05) is 34.8 Å². The van der Waals surface area contributed by atoms with Gasteiger partial charge in [-0.25, -0.2) is 4.39 Å². The third-order valence-corrected chi connectivity index (χ3v) is 5.09. The summed E-state index contributed by atoms with van der Waals surface area (Å²) in [5.41, 5.74) is 1.09. The third kappa shape index (κ3) is 2.71. The summed E-state index contributed by atoms with van der Waals surface area (Å²) < 4.78 is 14.8. The van der Waals surface area contributed by atoms with E-state index in [1.54, 1.807) is 6.07 Å². The molecule has 1 aliphatic heterocycles. The van der Waals surface area contributed by atoms with Crippen LogP contribution in [0.5, 0.6) is 0 Å². The SMILES string of the molecule is Fc1cc(Br)ccc1CN1CCNCC12CCCC2. The lowest BCUT2D eigenvalue weighted by Gasteiger charge is -2.45. The van der Waals surface area contributed by atoms with Crippen molar-refractivity contribution < 1.29 is 4.39 Å². The van der Waals surface area contributed by atoms with E-state index in [-0.39, 0.29) is 11.4 Å². The summed E-state index contributed by atoms with van der Waals surface area (Å²) in [6.45, 7) is 3.83. The molecule has 1 saturated heterocycles. The van der Waals surface area contributed by atoms with Crippen LogP contribution in [0.2, 0.25) is 0 Å². The van der Waals surface area contributed by atoms with Crippen molar-refractivity contribution in [2.45, 2.75) is 37.8 Å². The van der Waals surface area contributed by atoms with Gasteiger partial charge in [0.2, 0.25) is 0 Å². The highest BCUT2D eigenvalue weighted by Crippen LogP contribution is 2.37. The van der Waals surface area contributed by atoms with Gasteiger partial charge in [-0.2, -0.15) is 0 Å². The van der Waals surface area contributed by atoms with E-state index >= 15 is 0 Å². The smallest absolute Gasteiger partial charge is 0.128 e. The maximum absolute atomic E-state index is 14.0. The van der Waals surface area contributed by atoms with Crippen LogP contribution in [0.3, 0.4) is 0 Å². The Kier molecular flexibility index (Phi) is 3.92. The van der Waals surface area contributed by atoms with E-state index in [1.807, 2.05) is 12.1 Å². The Hall–Kier alpha value is -0.450. The van der Waals surface area contributed by atoms with E-state index in [1.165, 1.54) is 25.7 Å². The van der Waals surface area contributed by atoms with Crippen molar-refractivity contribution in [1.82, 2.24) is 10.2 Å². The van der Waals surface area contributed by atoms with Gasteiger partial charge < -0.3 is 5.32 Å². The molecule has 0 aromatic heterocycles. The van der Waals surface area contributed by atoms with Gasteiger partial charge in [-0.15, -0.1) is 0 Å². The molecule has 1 aromatic carbocycles. The number of benzene rings is 1. The Morgan fingerprint density at radius 2 is 2.11 bits per heavy atom. The highest BCUT2D eigenvalue weighted by Gasteiger charge is 2.41. The van der Waals surface area contributed by atoms with E-state index in [0.29, 0.717) is 0 Å². The van der Waals surface area contributed by atoms with E-state index in [2.05, 4.69) is 26.1 Å². The van der Waals surface area contributed by atoms with Crippen molar-refractivity contribution in [3.05, 3.63) is 34.1 Å². The minimum Gasteiger partial charge on any atom is -0.314 e. The normalized spacial score (nSPS) is 23.1. The standard InChI is InChI=1S/C15H20BrFN2/c16-13-4-3-12(14(17)9-13)10-19-8-7-18-11-15(19)5-1-2-6-15/h3-4,9,18H,1-2,5-8,10-11H2. The molecule has 0 bridgehead atoms. The average molecular weight is 327 g/mol. The molecule has 1 aromatic rings. The van der Waals surface area contributed by atoms with Gasteiger partial charge in [-0.3, -0.25) is 4.90 Å². The molecule has 3 rings (SSSR count). The molecule has 0 amide bonds. The second kappa shape index (κ2) is 5.51. The highest BCUT2D eigenvalue weighted by atomic mass is 79.9. The minimum absolute atomic E-state index is 0.0962. The van der Waals surface area contributed by atoms with Crippen LogP contribution in [-0.4, -0.2) is 30.1 Å². The fourth-order valence-corrected chi connectivity index (χ4v) is 3.85. The third-order valence-electron chi connectivity index (χ3n) is 4.59. The summed E-state index contributed by atoms with van der Waals surface area (Å²) in [6, 6.07) is 5.41. The first-order valence-corrected chi connectivity index (χ1v) is 7.89. The molecule has 1 aliphatic carbocycles. The first kappa shape index (κ1) is 13.5. The molecule has 0 atom stereocenters. The molecule has 4 heteroatoms. The molecule has 1 heterocycles. The lowest BCUT2D eigenvalue weighted by molar-refractivity contribution is 0.0563. The maximum atomic E-state index is 14.0. The van der Waals surface area contributed by atoms with Crippen molar-refractivity contribution in [3.63, 3.8) is 0 Å². The minimum atomic E-state index is -0.0962. The zero-order valence-electron chi connectivity index (χ0n) is 11.1. The van der Waals surface area contributed by atoms with Crippen LogP contribution >= 0.6 is 15.9 Å². The molecule has 2 nitrogen and oxygen atoms in total. The topological polar surface area (TPSA) is 15.3 Å². The van der Waals surface area contributed by atoms with Gasteiger partial charge in [0.15, 0.2) is 0 Å². The van der Waals surface area contributed by atoms with Crippen LogP contribution in [0.15, 0.2) is 22.7 Å². The van der Waals surface area contributed by atoms with E-state index < -0.39 is 0 Å².